The number of nitrogens with one attached hydrogen (secondary N) is 2. The maximum atomic E-state index is 13.0. The number of piperazine rings is 1. The van der Waals surface area contributed by atoms with Crippen LogP contribution >= 0.6 is 0 Å². The number of hydrogen-bond donors (Lipinski definition) is 2. The molecular weight excluding hydrogens is 374 g/mol. The number of hydrogen-bond acceptors (Lipinski definition) is 4. The standard InChI is InChI=1S/C20H29N5O2S/c1-2-15-12-18(17-6-9-21-19(17)22-13-15)24-10-11-25(20(14-24)7-8-20)28(26,27)23-16-4-3-5-16/h6,9,13,16,23H,2-5,7-8,10-12,14H2,1H3,(H,21,22). The van der Waals surface area contributed by atoms with Gasteiger partial charge in [0.2, 0.25) is 0 Å². The van der Waals surface area contributed by atoms with E-state index in [1.54, 1.807) is 4.31 Å². The molecule has 2 aliphatic carbocycles. The molecular formula is C20H29N5O2S. The van der Waals surface area contributed by atoms with E-state index in [9.17, 15) is 8.42 Å². The molecule has 2 N–H and O–H groups in total. The minimum absolute atomic E-state index is 0.135. The van der Waals surface area contributed by atoms with Crippen molar-refractivity contribution >= 4 is 15.9 Å². The van der Waals surface area contributed by atoms with Gasteiger partial charge >= 0.3 is 0 Å². The van der Waals surface area contributed by atoms with Crippen LogP contribution in [0.4, 0.5) is 0 Å². The van der Waals surface area contributed by atoms with E-state index in [1.165, 1.54) is 11.3 Å². The molecule has 0 bridgehead atoms. The van der Waals surface area contributed by atoms with Crippen LogP contribution in [0.25, 0.3) is 5.70 Å². The predicted molar refractivity (Wildman–Crippen MR) is 108 cm³/mol. The number of aromatic amines is 1. The molecule has 1 spiro atoms. The maximum Gasteiger partial charge on any atom is 0.280 e. The molecule has 0 atom stereocenters. The Labute approximate surface area is 166 Å². The van der Waals surface area contributed by atoms with Crippen molar-refractivity contribution < 1.29 is 8.42 Å². The Hall–Kier alpha value is -1.64. The fourth-order valence-electron chi connectivity index (χ4n) is 4.63. The molecule has 7 nitrogen and oxygen atoms in total. The normalized spacial score (nSPS) is 25.0. The molecule has 28 heavy (non-hydrogen) atoms. The van der Waals surface area contributed by atoms with Crippen molar-refractivity contribution in [3.8, 4) is 0 Å². The third-order valence-corrected chi connectivity index (χ3v) is 8.55. The van der Waals surface area contributed by atoms with E-state index in [-0.39, 0.29) is 11.6 Å². The van der Waals surface area contributed by atoms with Crippen LogP contribution in [0.15, 0.2) is 29.0 Å². The molecule has 1 aromatic rings. The van der Waals surface area contributed by atoms with E-state index >= 15 is 0 Å². The Morgan fingerprint density at radius 2 is 2.14 bits per heavy atom. The zero-order valence-corrected chi connectivity index (χ0v) is 17.3. The Morgan fingerprint density at radius 1 is 1.32 bits per heavy atom. The van der Waals surface area contributed by atoms with E-state index in [0.717, 1.165) is 68.7 Å². The zero-order chi connectivity index (χ0) is 19.4. The third-order valence-electron chi connectivity index (χ3n) is 6.77. The third kappa shape index (κ3) is 3.11. The van der Waals surface area contributed by atoms with Gasteiger partial charge in [-0.25, -0.2) is 4.99 Å². The SMILES string of the molecule is CCC1=CN=c2[nH]ccc2=C(N2CCN(S(=O)(=O)NC3CCC3)C3(CC3)C2)C1. The van der Waals surface area contributed by atoms with E-state index in [0.29, 0.717) is 6.54 Å². The molecule has 0 amide bonds. The monoisotopic (exact) mass is 403 g/mol. The minimum atomic E-state index is -3.40. The van der Waals surface area contributed by atoms with Crippen LogP contribution in [0.5, 0.6) is 0 Å². The number of aromatic nitrogens is 1. The summed E-state index contributed by atoms with van der Waals surface area (Å²) in [4.78, 5) is 10.3. The summed E-state index contributed by atoms with van der Waals surface area (Å²) in [5.41, 5.74) is 3.26. The van der Waals surface area contributed by atoms with Crippen molar-refractivity contribution in [2.45, 2.75) is 63.5 Å². The fourth-order valence-corrected chi connectivity index (χ4v) is 6.49. The van der Waals surface area contributed by atoms with Crippen LogP contribution < -0.4 is 15.4 Å². The van der Waals surface area contributed by atoms with Crippen molar-refractivity contribution in [1.82, 2.24) is 18.9 Å². The van der Waals surface area contributed by atoms with Crippen LogP contribution in [-0.4, -0.2) is 53.8 Å². The van der Waals surface area contributed by atoms with Gasteiger partial charge in [-0.1, -0.05) is 13.3 Å². The van der Waals surface area contributed by atoms with Crippen molar-refractivity contribution in [2.75, 3.05) is 19.6 Å². The molecule has 3 fully saturated rings. The number of H-pyrrole nitrogens is 1. The molecule has 0 radical (unpaired) electrons. The van der Waals surface area contributed by atoms with Crippen LogP contribution in [0.2, 0.25) is 0 Å². The first-order valence-corrected chi connectivity index (χ1v) is 11.9. The lowest BCUT2D eigenvalue weighted by molar-refractivity contribution is 0.162. The van der Waals surface area contributed by atoms with E-state index in [1.807, 2.05) is 12.4 Å². The second-order valence-corrected chi connectivity index (χ2v) is 10.2. The van der Waals surface area contributed by atoms with Gasteiger partial charge in [-0.05, 0) is 43.7 Å². The fraction of sp³-hybridized carbons (Fsp3) is 0.650. The number of fused-ring (bicyclic) bond motifs is 1. The van der Waals surface area contributed by atoms with Gasteiger partial charge in [-0.2, -0.15) is 17.4 Å². The molecule has 8 heteroatoms. The van der Waals surface area contributed by atoms with Gasteiger partial charge in [0.15, 0.2) is 0 Å². The number of rotatable bonds is 5. The summed E-state index contributed by atoms with van der Waals surface area (Å²) in [5, 5.41) is 1.15. The summed E-state index contributed by atoms with van der Waals surface area (Å²) in [6.45, 7) is 4.21. The summed E-state index contributed by atoms with van der Waals surface area (Å²) in [7, 11) is -3.40. The highest BCUT2D eigenvalue weighted by Gasteiger charge is 2.56. The quantitative estimate of drug-likeness (QED) is 0.769. The van der Waals surface area contributed by atoms with Crippen LogP contribution in [0, 0.1) is 0 Å². The van der Waals surface area contributed by atoms with Crippen molar-refractivity contribution in [2.24, 2.45) is 4.99 Å². The Kier molecular flexibility index (Phi) is 4.41. The molecule has 5 rings (SSSR count). The topological polar surface area (TPSA) is 80.8 Å². The van der Waals surface area contributed by atoms with Gasteiger partial charge in [-0.15, -0.1) is 0 Å². The smallest absolute Gasteiger partial charge is 0.280 e. The van der Waals surface area contributed by atoms with E-state index < -0.39 is 10.2 Å². The lowest BCUT2D eigenvalue weighted by Gasteiger charge is -2.44. The first-order valence-electron chi connectivity index (χ1n) is 10.5. The largest absolute Gasteiger partial charge is 0.371 e. The summed E-state index contributed by atoms with van der Waals surface area (Å²) in [5.74, 6) is 0. The van der Waals surface area contributed by atoms with Crippen molar-refractivity contribution in [3.05, 3.63) is 34.7 Å². The molecule has 152 valence electrons. The second kappa shape index (κ2) is 6.71. The summed E-state index contributed by atoms with van der Waals surface area (Å²) < 4.78 is 30.7. The van der Waals surface area contributed by atoms with Crippen LogP contribution in [0.3, 0.4) is 0 Å². The molecule has 0 aromatic carbocycles. The molecule has 3 heterocycles. The van der Waals surface area contributed by atoms with Gasteiger partial charge in [-0.3, -0.25) is 0 Å². The maximum absolute atomic E-state index is 13.0. The summed E-state index contributed by atoms with van der Waals surface area (Å²) in [6, 6.07) is 2.23. The van der Waals surface area contributed by atoms with Crippen LogP contribution in [0.1, 0.15) is 51.9 Å². The highest BCUT2D eigenvalue weighted by molar-refractivity contribution is 7.87. The highest BCUT2D eigenvalue weighted by Crippen LogP contribution is 2.46. The lowest BCUT2D eigenvalue weighted by atomic mass is 9.94. The lowest BCUT2D eigenvalue weighted by Crippen LogP contribution is -2.60. The van der Waals surface area contributed by atoms with Gasteiger partial charge in [0.1, 0.15) is 5.49 Å². The molecule has 0 unspecified atom stereocenters. The average molecular weight is 404 g/mol. The van der Waals surface area contributed by atoms with Gasteiger partial charge in [0, 0.05) is 55.4 Å². The second-order valence-electron chi connectivity index (χ2n) is 8.60. The minimum Gasteiger partial charge on any atom is -0.371 e. The molecule has 4 aliphatic rings. The average Bonchev–Trinajstić information content (AvgIpc) is 3.28. The Balaban J connectivity index is 1.42. The summed E-state index contributed by atoms with van der Waals surface area (Å²) in [6.07, 6.45) is 10.7. The molecule has 1 saturated heterocycles. The first-order chi connectivity index (χ1) is 13.5. The van der Waals surface area contributed by atoms with Crippen molar-refractivity contribution in [1.29, 1.82) is 0 Å². The van der Waals surface area contributed by atoms with E-state index in [2.05, 4.69) is 32.6 Å². The van der Waals surface area contributed by atoms with Gasteiger partial charge in [0.25, 0.3) is 10.2 Å². The van der Waals surface area contributed by atoms with Crippen molar-refractivity contribution in [3.63, 3.8) is 0 Å². The highest BCUT2D eigenvalue weighted by atomic mass is 32.2. The Bertz CT molecular complexity index is 1020. The summed E-state index contributed by atoms with van der Waals surface area (Å²) >= 11 is 0. The zero-order valence-electron chi connectivity index (χ0n) is 16.4. The Morgan fingerprint density at radius 3 is 2.82 bits per heavy atom. The van der Waals surface area contributed by atoms with E-state index in [4.69, 9.17) is 0 Å². The predicted octanol–water partition coefficient (Wildman–Crippen LogP) is 0.977. The number of nitrogens with zero attached hydrogens (tertiary/aromatic N) is 3. The van der Waals surface area contributed by atoms with Gasteiger partial charge < -0.3 is 9.88 Å². The molecule has 2 aliphatic heterocycles. The van der Waals surface area contributed by atoms with Crippen LogP contribution in [-0.2, 0) is 10.2 Å². The molecule has 2 saturated carbocycles. The van der Waals surface area contributed by atoms with Gasteiger partial charge in [0.05, 0.1) is 5.54 Å². The first kappa shape index (κ1) is 18.4. The molecule has 1 aromatic heterocycles.